The molecule has 1 fully saturated rings. The van der Waals surface area contributed by atoms with Crippen molar-refractivity contribution in [2.75, 3.05) is 23.7 Å². The first-order valence-corrected chi connectivity index (χ1v) is 7.12. The van der Waals surface area contributed by atoms with E-state index < -0.39 is 4.92 Å². The van der Waals surface area contributed by atoms with E-state index in [9.17, 15) is 10.1 Å². The number of aryl methyl sites for hydroxylation is 1. The van der Waals surface area contributed by atoms with Crippen LogP contribution >= 0.6 is 0 Å². The Balaban J connectivity index is 2.18. The Morgan fingerprint density at radius 3 is 2.65 bits per heavy atom. The molecule has 0 bridgehead atoms. The van der Waals surface area contributed by atoms with Crippen LogP contribution in [0, 0.1) is 23.0 Å². The molecule has 0 radical (unpaired) electrons. The monoisotopic (exact) mass is 279 g/mol. The molecule has 7 heteroatoms. The number of rotatable bonds is 7. The SMILES string of the molecule is CCCNc1nc(C)c([N+](=O)[O-])c(NCC2CCC2)n1. The van der Waals surface area contributed by atoms with E-state index >= 15 is 0 Å². The molecule has 0 unspecified atom stereocenters. The van der Waals surface area contributed by atoms with Gasteiger partial charge in [-0.25, -0.2) is 4.98 Å². The minimum Gasteiger partial charge on any atom is -0.364 e. The fourth-order valence-corrected chi connectivity index (χ4v) is 2.16. The highest BCUT2D eigenvalue weighted by Gasteiger charge is 2.24. The molecule has 0 saturated heterocycles. The molecule has 7 nitrogen and oxygen atoms in total. The molecular weight excluding hydrogens is 258 g/mol. The van der Waals surface area contributed by atoms with Gasteiger partial charge in [0, 0.05) is 13.1 Å². The maximum absolute atomic E-state index is 11.2. The van der Waals surface area contributed by atoms with Crippen LogP contribution in [0.2, 0.25) is 0 Å². The van der Waals surface area contributed by atoms with Crippen molar-refractivity contribution in [3.63, 3.8) is 0 Å². The first kappa shape index (κ1) is 14.5. The lowest BCUT2D eigenvalue weighted by Crippen LogP contribution is -2.22. The van der Waals surface area contributed by atoms with E-state index in [2.05, 4.69) is 20.6 Å². The van der Waals surface area contributed by atoms with Crippen molar-refractivity contribution < 1.29 is 4.92 Å². The molecule has 2 N–H and O–H groups in total. The zero-order valence-electron chi connectivity index (χ0n) is 12.0. The Labute approximate surface area is 118 Å². The zero-order valence-corrected chi connectivity index (χ0v) is 12.0. The van der Waals surface area contributed by atoms with Gasteiger partial charge in [0.05, 0.1) is 4.92 Å². The molecule has 110 valence electrons. The highest BCUT2D eigenvalue weighted by Crippen LogP contribution is 2.30. The fourth-order valence-electron chi connectivity index (χ4n) is 2.16. The summed E-state index contributed by atoms with van der Waals surface area (Å²) in [5.41, 5.74) is 0.367. The van der Waals surface area contributed by atoms with Gasteiger partial charge in [-0.05, 0) is 32.1 Å². The first-order chi connectivity index (χ1) is 9.61. The highest BCUT2D eigenvalue weighted by molar-refractivity contribution is 5.60. The summed E-state index contributed by atoms with van der Waals surface area (Å²) in [6, 6.07) is 0. The van der Waals surface area contributed by atoms with E-state index in [-0.39, 0.29) is 5.69 Å². The van der Waals surface area contributed by atoms with Crippen molar-refractivity contribution in [2.45, 2.75) is 39.5 Å². The number of nitro groups is 1. The van der Waals surface area contributed by atoms with Crippen molar-refractivity contribution in [1.82, 2.24) is 9.97 Å². The minimum atomic E-state index is -0.415. The summed E-state index contributed by atoms with van der Waals surface area (Å²) in [4.78, 5) is 19.1. The fraction of sp³-hybridized carbons (Fsp3) is 0.692. The minimum absolute atomic E-state index is 0.0219. The van der Waals surface area contributed by atoms with Crippen LogP contribution in [0.25, 0.3) is 0 Å². The first-order valence-electron chi connectivity index (χ1n) is 7.12. The topological polar surface area (TPSA) is 93.0 Å². The van der Waals surface area contributed by atoms with E-state index in [0.717, 1.165) is 19.5 Å². The predicted molar refractivity (Wildman–Crippen MR) is 78.0 cm³/mol. The molecule has 1 heterocycles. The molecule has 2 rings (SSSR count). The third-order valence-electron chi connectivity index (χ3n) is 3.56. The van der Waals surface area contributed by atoms with Gasteiger partial charge in [-0.1, -0.05) is 13.3 Å². The lowest BCUT2D eigenvalue weighted by atomic mass is 9.85. The van der Waals surface area contributed by atoms with Crippen LogP contribution in [-0.2, 0) is 0 Å². The molecule has 1 aromatic rings. The van der Waals surface area contributed by atoms with Crippen LogP contribution in [0.4, 0.5) is 17.5 Å². The van der Waals surface area contributed by atoms with Crippen molar-refractivity contribution in [1.29, 1.82) is 0 Å². The van der Waals surface area contributed by atoms with Gasteiger partial charge in [-0.3, -0.25) is 10.1 Å². The average molecular weight is 279 g/mol. The molecule has 0 atom stereocenters. The van der Waals surface area contributed by atoms with Gasteiger partial charge in [-0.2, -0.15) is 4.98 Å². The summed E-state index contributed by atoms with van der Waals surface area (Å²) in [7, 11) is 0. The third kappa shape index (κ3) is 3.34. The quantitative estimate of drug-likeness (QED) is 0.589. The largest absolute Gasteiger partial charge is 0.364 e. The van der Waals surface area contributed by atoms with Crippen LogP contribution in [0.3, 0.4) is 0 Å². The Kier molecular flexibility index (Phi) is 4.70. The third-order valence-corrected chi connectivity index (χ3v) is 3.56. The summed E-state index contributed by atoms with van der Waals surface area (Å²) >= 11 is 0. The average Bonchev–Trinajstić information content (AvgIpc) is 2.33. The van der Waals surface area contributed by atoms with Crippen molar-refractivity contribution >= 4 is 17.5 Å². The second-order valence-corrected chi connectivity index (χ2v) is 5.19. The van der Waals surface area contributed by atoms with E-state index in [4.69, 9.17) is 0 Å². The number of hydrogen-bond acceptors (Lipinski definition) is 6. The van der Waals surface area contributed by atoms with Gasteiger partial charge in [0.1, 0.15) is 5.69 Å². The van der Waals surface area contributed by atoms with E-state index in [1.807, 2.05) is 6.92 Å². The van der Waals surface area contributed by atoms with Crippen LogP contribution in [-0.4, -0.2) is 28.0 Å². The molecule has 0 amide bonds. The summed E-state index contributed by atoms with van der Waals surface area (Å²) in [5, 5.41) is 17.4. The van der Waals surface area contributed by atoms with Crippen molar-refractivity contribution in [3.8, 4) is 0 Å². The maximum Gasteiger partial charge on any atom is 0.332 e. The van der Waals surface area contributed by atoms with Gasteiger partial charge in [0.15, 0.2) is 0 Å². The van der Waals surface area contributed by atoms with E-state index in [1.165, 1.54) is 19.3 Å². The van der Waals surface area contributed by atoms with Crippen LogP contribution in [0.15, 0.2) is 0 Å². The van der Waals surface area contributed by atoms with Gasteiger partial charge < -0.3 is 10.6 Å². The van der Waals surface area contributed by atoms with Crippen LogP contribution < -0.4 is 10.6 Å². The molecule has 0 aromatic carbocycles. The lowest BCUT2D eigenvalue weighted by Gasteiger charge is -2.25. The van der Waals surface area contributed by atoms with Gasteiger partial charge in [0.2, 0.25) is 11.8 Å². The van der Waals surface area contributed by atoms with Gasteiger partial charge >= 0.3 is 5.69 Å². The molecule has 1 aliphatic rings. The van der Waals surface area contributed by atoms with Gasteiger partial charge in [-0.15, -0.1) is 0 Å². The molecule has 1 aliphatic carbocycles. The Morgan fingerprint density at radius 1 is 1.35 bits per heavy atom. The van der Waals surface area contributed by atoms with Crippen LogP contribution in [0.5, 0.6) is 0 Å². The molecule has 0 spiro atoms. The van der Waals surface area contributed by atoms with Crippen molar-refractivity contribution in [2.24, 2.45) is 5.92 Å². The summed E-state index contributed by atoms with van der Waals surface area (Å²) in [6.45, 7) is 5.18. The number of anilines is 2. The second-order valence-electron chi connectivity index (χ2n) is 5.19. The molecule has 20 heavy (non-hydrogen) atoms. The molecule has 1 saturated carbocycles. The standard InChI is InChI=1S/C13H21N5O2/c1-3-7-14-13-16-9(2)11(18(19)20)12(17-13)15-8-10-5-4-6-10/h10H,3-8H2,1-2H3,(H2,14,15,16,17). The summed E-state index contributed by atoms with van der Waals surface area (Å²) in [5.74, 6) is 1.39. The Bertz CT molecular complexity index is 488. The number of hydrogen-bond donors (Lipinski definition) is 2. The maximum atomic E-state index is 11.2. The Hall–Kier alpha value is -1.92. The normalized spacial score (nSPS) is 14.7. The second kappa shape index (κ2) is 6.49. The number of aromatic nitrogens is 2. The smallest absolute Gasteiger partial charge is 0.332 e. The molecule has 1 aromatic heterocycles. The summed E-state index contributed by atoms with van der Waals surface area (Å²) in [6.07, 6.45) is 4.57. The van der Waals surface area contributed by atoms with E-state index in [0.29, 0.717) is 23.4 Å². The number of nitrogens with zero attached hydrogens (tertiary/aromatic N) is 3. The highest BCUT2D eigenvalue weighted by atomic mass is 16.6. The molecular formula is C13H21N5O2. The van der Waals surface area contributed by atoms with Crippen LogP contribution in [0.1, 0.15) is 38.3 Å². The number of nitrogens with one attached hydrogen (secondary N) is 2. The summed E-state index contributed by atoms with van der Waals surface area (Å²) < 4.78 is 0. The van der Waals surface area contributed by atoms with E-state index in [1.54, 1.807) is 6.92 Å². The zero-order chi connectivity index (χ0) is 14.5. The lowest BCUT2D eigenvalue weighted by molar-refractivity contribution is -0.385. The Morgan fingerprint density at radius 2 is 2.10 bits per heavy atom. The van der Waals surface area contributed by atoms with Crippen molar-refractivity contribution in [3.05, 3.63) is 15.8 Å². The molecule has 0 aliphatic heterocycles. The van der Waals surface area contributed by atoms with Gasteiger partial charge in [0.25, 0.3) is 0 Å². The predicted octanol–water partition coefficient (Wildman–Crippen LogP) is 2.73.